The van der Waals surface area contributed by atoms with E-state index in [9.17, 15) is 14.6 Å². The number of hydrogen-bond donors (Lipinski definition) is 2. The second-order valence-corrected chi connectivity index (χ2v) is 5.74. The van der Waals surface area contributed by atoms with Crippen molar-refractivity contribution in [3.05, 3.63) is 70.0 Å². The fourth-order valence-electron chi connectivity index (χ4n) is 2.64. The molecule has 112 valence electrons. The van der Waals surface area contributed by atoms with E-state index in [1.165, 1.54) is 12.1 Å². The highest BCUT2D eigenvalue weighted by Gasteiger charge is 2.32. The second-order valence-electron chi connectivity index (χ2n) is 5.34. The molecular formula is C17H18ClFO2. The number of halogens is 2. The Morgan fingerprint density at radius 3 is 2.33 bits per heavy atom. The van der Waals surface area contributed by atoms with E-state index in [2.05, 4.69) is 0 Å². The van der Waals surface area contributed by atoms with Crippen molar-refractivity contribution >= 4 is 11.6 Å². The molecule has 0 amide bonds. The van der Waals surface area contributed by atoms with Gasteiger partial charge in [-0.15, -0.1) is 0 Å². The Kier molecular flexibility index (Phi) is 4.99. The first-order valence-electron chi connectivity index (χ1n) is 6.74. The third kappa shape index (κ3) is 3.26. The number of aryl methyl sites for hydroxylation is 1. The van der Waals surface area contributed by atoms with E-state index in [-0.39, 0.29) is 18.2 Å². The van der Waals surface area contributed by atoms with E-state index in [4.69, 9.17) is 11.6 Å². The number of hydrogen-bond acceptors (Lipinski definition) is 2. The van der Waals surface area contributed by atoms with Crippen molar-refractivity contribution in [3.63, 3.8) is 0 Å². The Bertz CT molecular complexity index is 624. The molecule has 4 heteroatoms. The molecule has 0 aliphatic carbocycles. The van der Waals surface area contributed by atoms with Crippen LogP contribution >= 0.6 is 11.6 Å². The van der Waals surface area contributed by atoms with Gasteiger partial charge in [0.25, 0.3) is 0 Å². The highest BCUT2D eigenvalue weighted by atomic mass is 35.5. The van der Waals surface area contributed by atoms with Crippen molar-refractivity contribution in [2.45, 2.75) is 18.8 Å². The van der Waals surface area contributed by atoms with Crippen LogP contribution < -0.4 is 0 Å². The Morgan fingerprint density at radius 2 is 1.76 bits per heavy atom. The van der Waals surface area contributed by atoms with Crippen LogP contribution in [0.2, 0.25) is 5.02 Å². The number of rotatable bonds is 5. The fraction of sp³-hybridized carbons (Fsp3) is 0.294. The maximum Gasteiger partial charge on any atom is 0.141 e. The topological polar surface area (TPSA) is 40.5 Å². The van der Waals surface area contributed by atoms with Gasteiger partial charge >= 0.3 is 0 Å². The molecule has 0 saturated heterocycles. The van der Waals surface area contributed by atoms with Crippen molar-refractivity contribution in [1.29, 1.82) is 0 Å². The van der Waals surface area contributed by atoms with Gasteiger partial charge in [-0.25, -0.2) is 4.39 Å². The molecule has 0 atom stereocenters. The standard InChI is InChI=1S/C17H18ClFO2/c1-12-4-2-3-5-14(12)17(10-20,11-21)9-13-6-7-16(19)15(18)8-13/h2-8,20-21H,9-11H2,1H3. The van der Waals surface area contributed by atoms with Gasteiger partial charge in [-0.3, -0.25) is 0 Å². The van der Waals surface area contributed by atoms with Crippen molar-refractivity contribution in [3.8, 4) is 0 Å². The lowest BCUT2D eigenvalue weighted by molar-refractivity contribution is 0.115. The molecule has 0 radical (unpaired) electrons. The molecule has 2 aromatic rings. The smallest absolute Gasteiger partial charge is 0.141 e. The van der Waals surface area contributed by atoms with Crippen LogP contribution in [0.5, 0.6) is 0 Å². The normalized spacial score (nSPS) is 11.7. The third-order valence-electron chi connectivity index (χ3n) is 3.85. The average Bonchev–Trinajstić information content (AvgIpc) is 2.49. The van der Waals surface area contributed by atoms with Gasteiger partial charge < -0.3 is 10.2 Å². The van der Waals surface area contributed by atoms with Gasteiger partial charge in [-0.05, 0) is 42.2 Å². The molecule has 21 heavy (non-hydrogen) atoms. The van der Waals surface area contributed by atoms with Gasteiger partial charge in [-0.1, -0.05) is 41.9 Å². The lowest BCUT2D eigenvalue weighted by atomic mass is 9.75. The average molecular weight is 309 g/mol. The molecule has 2 rings (SSSR count). The zero-order chi connectivity index (χ0) is 15.5. The van der Waals surface area contributed by atoms with Crippen molar-refractivity contribution in [2.24, 2.45) is 0 Å². The maximum absolute atomic E-state index is 13.3. The van der Waals surface area contributed by atoms with E-state index in [0.29, 0.717) is 6.42 Å². The summed E-state index contributed by atoms with van der Waals surface area (Å²) in [6.45, 7) is 1.53. The van der Waals surface area contributed by atoms with Crippen LogP contribution in [-0.2, 0) is 11.8 Å². The van der Waals surface area contributed by atoms with E-state index in [1.54, 1.807) is 6.07 Å². The summed E-state index contributed by atoms with van der Waals surface area (Å²) in [5.74, 6) is -0.477. The Hall–Kier alpha value is -1.42. The van der Waals surface area contributed by atoms with Gasteiger partial charge in [-0.2, -0.15) is 0 Å². The highest BCUT2D eigenvalue weighted by molar-refractivity contribution is 6.30. The third-order valence-corrected chi connectivity index (χ3v) is 4.14. The largest absolute Gasteiger partial charge is 0.395 e. The predicted molar refractivity (Wildman–Crippen MR) is 82.1 cm³/mol. The summed E-state index contributed by atoms with van der Waals surface area (Å²) in [6, 6.07) is 12.1. The zero-order valence-electron chi connectivity index (χ0n) is 11.8. The highest BCUT2D eigenvalue weighted by Crippen LogP contribution is 2.31. The van der Waals surface area contributed by atoms with Crippen molar-refractivity contribution in [1.82, 2.24) is 0 Å². The lowest BCUT2D eigenvalue weighted by Crippen LogP contribution is -2.38. The minimum absolute atomic E-state index is 0.0436. The van der Waals surface area contributed by atoms with E-state index in [0.717, 1.165) is 16.7 Å². The molecule has 0 bridgehead atoms. The molecule has 0 unspecified atom stereocenters. The fourth-order valence-corrected chi connectivity index (χ4v) is 2.84. The quantitative estimate of drug-likeness (QED) is 0.890. The zero-order valence-corrected chi connectivity index (χ0v) is 12.6. The van der Waals surface area contributed by atoms with Crippen LogP contribution in [0.1, 0.15) is 16.7 Å². The number of aliphatic hydroxyl groups excluding tert-OH is 2. The number of aliphatic hydroxyl groups is 2. The first-order valence-corrected chi connectivity index (χ1v) is 7.12. The van der Waals surface area contributed by atoms with Crippen LogP contribution in [0.4, 0.5) is 4.39 Å². The van der Waals surface area contributed by atoms with E-state index < -0.39 is 11.2 Å². The second kappa shape index (κ2) is 6.56. The molecule has 2 nitrogen and oxygen atoms in total. The van der Waals surface area contributed by atoms with Crippen molar-refractivity contribution < 1.29 is 14.6 Å². The van der Waals surface area contributed by atoms with Crippen molar-refractivity contribution in [2.75, 3.05) is 13.2 Å². The minimum atomic E-state index is -0.813. The minimum Gasteiger partial charge on any atom is -0.395 e. The molecule has 0 heterocycles. The lowest BCUT2D eigenvalue weighted by Gasteiger charge is -2.32. The molecule has 0 spiro atoms. The van der Waals surface area contributed by atoms with Crippen LogP contribution in [0.15, 0.2) is 42.5 Å². The van der Waals surface area contributed by atoms with Crippen LogP contribution in [0.25, 0.3) is 0 Å². The first kappa shape index (κ1) is 16.0. The molecule has 0 saturated carbocycles. The summed E-state index contributed by atoms with van der Waals surface area (Å²) >= 11 is 5.81. The van der Waals surface area contributed by atoms with Gasteiger partial charge in [0, 0.05) is 5.41 Å². The summed E-state index contributed by atoms with van der Waals surface area (Å²) in [7, 11) is 0. The Labute approximate surface area is 128 Å². The molecule has 0 aromatic heterocycles. The summed E-state index contributed by atoms with van der Waals surface area (Å²) in [5, 5.41) is 19.8. The van der Waals surface area contributed by atoms with E-state index in [1.807, 2.05) is 31.2 Å². The molecule has 0 aliphatic heterocycles. The van der Waals surface area contributed by atoms with Gasteiger partial charge in [0.2, 0.25) is 0 Å². The SMILES string of the molecule is Cc1ccccc1C(CO)(CO)Cc1ccc(F)c(Cl)c1. The van der Waals surface area contributed by atoms with Gasteiger partial charge in [0.1, 0.15) is 5.82 Å². The van der Waals surface area contributed by atoms with Crippen LogP contribution in [-0.4, -0.2) is 23.4 Å². The Morgan fingerprint density at radius 1 is 1.10 bits per heavy atom. The van der Waals surface area contributed by atoms with Gasteiger partial charge in [0.15, 0.2) is 0 Å². The summed E-state index contributed by atoms with van der Waals surface area (Å²) in [6.07, 6.45) is 0.380. The summed E-state index contributed by atoms with van der Waals surface area (Å²) in [4.78, 5) is 0. The summed E-state index contributed by atoms with van der Waals surface area (Å²) in [5.41, 5.74) is 1.84. The molecule has 2 aromatic carbocycles. The first-order chi connectivity index (χ1) is 10.0. The molecular weight excluding hydrogens is 291 g/mol. The van der Waals surface area contributed by atoms with Crippen LogP contribution in [0, 0.1) is 12.7 Å². The monoisotopic (exact) mass is 308 g/mol. The van der Waals surface area contributed by atoms with E-state index >= 15 is 0 Å². The predicted octanol–water partition coefficient (Wildman–Crippen LogP) is 3.25. The molecule has 2 N–H and O–H groups in total. The van der Waals surface area contributed by atoms with Crippen LogP contribution in [0.3, 0.4) is 0 Å². The molecule has 0 aliphatic rings. The maximum atomic E-state index is 13.3. The Balaban J connectivity index is 2.43. The summed E-state index contributed by atoms with van der Waals surface area (Å²) < 4.78 is 13.3. The molecule has 0 fully saturated rings. The van der Waals surface area contributed by atoms with Gasteiger partial charge in [0.05, 0.1) is 18.2 Å². The number of benzene rings is 2.